The van der Waals surface area contributed by atoms with Crippen LogP contribution in [0.25, 0.3) is 0 Å². The number of carbonyl (C=O) groups excluding carboxylic acids is 2. The predicted octanol–water partition coefficient (Wildman–Crippen LogP) is 0.993. The van der Waals surface area contributed by atoms with Gasteiger partial charge in [-0.15, -0.1) is 0 Å². The molecule has 0 aromatic heterocycles. The third-order valence-electron chi connectivity index (χ3n) is 3.19. The number of nitro benzene ring substituents is 1. The van der Waals surface area contributed by atoms with Crippen LogP contribution in [0, 0.1) is 10.1 Å². The van der Waals surface area contributed by atoms with Crippen LogP contribution in [-0.2, 0) is 4.79 Å². The highest BCUT2D eigenvalue weighted by Gasteiger charge is 2.26. The van der Waals surface area contributed by atoms with Gasteiger partial charge in [0, 0.05) is 12.6 Å². The van der Waals surface area contributed by atoms with Crippen molar-refractivity contribution in [3.63, 3.8) is 0 Å². The van der Waals surface area contributed by atoms with Crippen LogP contribution in [0.3, 0.4) is 0 Å². The fourth-order valence-corrected chi connectivity index (χ4v) is 2.14. The third kappa shape index (κ3) is 3.11. The molecule has 2 rings (SSSR count). The molecule has 7 heteroatoms. The number of carbonyl (C=O) groups is 2. The molecule has 1 aromatic carbocycles. The quantitative estimate of drug-likeness (QED) is 0.635. The Bertz CT molecular complexity index is 544. The lowest BCUT2D eigenvalue weighted by atomic mass is 10.1. The third-order valence-corrected chi connectivity index (χ3v) is 3.19. The molecule has 0 radical (unpaired) electrons. The van der Waals surface area contributed by atoms with Gasteiger partial charge in [-0.1, -0.05) is 12.1 Å². The molecule has 0 aliphatic carbocycles. The summed E-state index contributed by atoms with van der Waals surface area (Å²) in [5, 5.41) is 16.2. The summed E-state index contributed by atoms with van der Waals surface area (Å²) in [6.07, 6.45) is 2.22. The number of nitrogens with one attached hydrogen (secondary N) is 2. The van der Waals surface area contributed by atoms with E-state index in [0.717, 1.165) is 12.8 Å². The molecule has 0 saturated carbocycles. The van der Waals surface area contributed by atoms with Crippen LogP contribution in [0.1, 0.15) is 29.6 Å². The zero-order valence-electron chi connectivity index (χ0n) is 10.8. The van der Waals surface area contributed by atoms with E-state index >= 15 is 0 Å². The Kier molecular flexibility index (Phi) is 4.29. The SMILES string of the molecule is O=C(N[C@H]1CCCCNC1=O)c1ccccc1[N+](=O)[O-]. The average molecular weight is 277 g/mol. The summed E-state index contributed by atoms with van der Waals surface area (Å²) in [4.78, 5) is 34.1. The number of amides is 2. The number of hydrogen-bond acceptors (Lipinski definition) is 4. The van der Waals surface area contributed by atoms with Gasteiger partial charge in [0.1, 0.15) is 11.6 Å². The Labute approximate surface area is 115 Å². The van der Waals surface area contributed by atoms with Gasteiger partial charge < -0.3 is 10.6 Å². The maximum absolute atomic E-state index is 12.1. The highest BCUT2D eigenvalue weighted by atomic mass is 16.6. The number of para-hydroxylation sites is 1. The molecule has 1 fully saturated rings. The van der Waals surface area contributed by atoms with Crippen molar-refractivity contribution in [3.8, 4) is 0 Å². The minimum atomic E-state index is -0.634. The summed E-state index contributed by atoms with van der Waals surface area (Å²) in [5.74, 6) is -0.839. The largest absolute Gasteiger partial charge is 0.354 e. The summed E-state index contributed by atoms with van der Waals surface area (Å²) in [5.41, 5.74) is -0.298. The van der Waals surface area contributed by atoms with E-state index in [1.54, 1.807) is 6.07 Å². The first kappa shape index (κ1) is 14.0. The highest BCUT2D eigenvalue weighted by Crippen LogP contribution is 2.18. The van der Waals surface area contributed by atoms with Crippen LogP contribution in [0.15, 0.2) is 24.3 Å². The topological polar surface area (TPSA) is 101 Å². The normalized spacial score (nSPS) is 18.8. The number of rotatable bonds is 3. The first-order chi connectivity index (χ1) is 9.59. The number of nitrogens with zero attached hydrogens (tertiary/aromatic N) is 1. The molecule has 2 N–H and O–H groups in total. The molecular formula is C13H15N3O4. The van der Waals surface area contributed by atoms with Gasteiger partial charge in [0.2, 0.25) is 5.91 Å². The summed E-state index contributed by atoms with van der Waals surface area (Å²) >= 11 is 0. The van der Waals surface area contributed by atoms with Crippen molar-refractivity contribution >= 4 is 17.5 Å². The Morgan fingerprint density at radius 3 is 2.85 bits per heavy atom. The van der Waals surface area contributed by atoms with E-state index in [1.165, 1.54) is 18.2 Å². The van der Waals surface area contributed by atoms with Crippen LogP contribution in [0.5, 0.6) is 0 Å². The van der Waals surface area contributed by atoms with Crippen LogP contribution < -0.4 is 10.6 Å². The van der Waals surface area contributed by atoms with E-state index in [1.807, 2.05) is 0 Å². The van der Waals surface area contributed by atoms with Gasteiger partial charge in [-0.2, -0.15) is 0 Å². The minimum Gasteiger partial charge on any atom is -0.354 e. The molecule has 1 aromatic rings. The fourth-order valence-electron chi connectivity index (χ4n) is 2.14. The van der Waals surface area contributed by atoms with Crippen molar-refractivity contribution in [1.29, 1.82) is 0 Å². The second kappa shape index (κ2) is 6.14. The Morgan fingerprint density at radius 1 is 1.35 bits per heavy atom. The average Bonchev–Trinajstić information content (AvgIpc) is 2.64. The van der Waals surface area contributed by atoms with Crippen molar-refractivity contribution in [3.05, 3.63) is 39.9 Å². The molecule has 1 atom stereocenters. The number of hydrogen-bond donors (Lipinski definition) is 2. The lowest BCUT2D eigenvalue weighted by molar-refractivity contribution is -0.385. The molecule has 0 spiro atoms. The molecule has 1 heterocycles. The molecule has 2 amide bonds. The number of benzene rings is 1. The Balaban J connectivity index is 2.15. The summed E-state index contributed by atoms with van der Waals surface area (Å²) in [7, 11) is 0. The van der Waals surface area contributed by atoms with E-state index in [2.05, 4.69) is 10.6 Å². The Hall–Kier alpha value is -2.44. The first-order valence-corrected chi connectivity index (χ1v) is 6.41. The summed E-state index contributed by atoms with van der Waals surface area (Å²) in [6.45, 7) is 0.594. The summed E-state index contributed by atoms with van der Waals surface area (Å²) in [6, 6.07) is 5.05. The monoisotopic (exact) mass is 277 g/mol. The van der Waals surface area contributed by atoms with Crippen molar-refractivity contribution in [2.24, 2.45) is 0 Å². The maximum Gasteiger partial charge on any atom is 0.282 e. The highest BCUT2D eigenvalue weighted by molar-refractivity contribution is 6.00. The molecule has 1 saturated heterocycles. The lowest BCUT2D eigenvalue weighted by Gasteiger charge is -2.15. The lowest BCUT2D eigenvalue weighted by Crippen LogP contribution is -2.45. The van der Waals surface area contributed by atoms with Gasteiger partial charge in [-0.25, -0.2) is 0 Å². The standard InChI is InChI=1S/C13H15N3O4/c17-12(9-5-1-2-7-11(9)16(19)20)15-10-6-3-4-8-14-13(10)18/h1-2,5,7,10H,3-4,6,8H2,(H,14,18)(H,15,17)/t10-/m0/s1. The molecule has 0 bridgehead atoms. The molecule has 1 aliphatic heterocycles. The fraction of sp³-hybridized carbons (Fsp3) is 0.385. The molecule has 106 valence electrons. The van der Waals surface area contributed by atoms with E-state index in [0.29, 0.717) is 13.0 Å². The molecule has 20 heavy (non-hydrogen) atoms. The van der Waals surface area contributed by atoms with Crippen LogP contribution in [0.4, 0.5) is 5.69 Å². The van der Waals surface area contributed by atoms with Gasteiger partial charge in [0.05, 0.1) is 4.92 Å². The van der Waals surface area contributed by atoms with Crippen LogP contribution >= 0.6 is 0 Å². The van der Waals surface area contributed by atoms with E-state index in [-0.39, 0.29) is 17.2 Å². The van der Waals surface area contributed by atoms with Gasteiger partial charge in [-0.3, -0.25) is 19.7 Å². The number of nitro groups is 1. The zero-order valence-corrected chi connectivity index (χ0v) is 10.8. The van der Waals surface area contributed by atoms with Crippen molar-refractivity contribution in [2.75, 3.05) is 6.54 Å². The maximum atomic E-state index is 12.1. The second-order valence-corrected chi connectivity index (χ2v) is 4.59. The predicted molar refractivity (Wildman–Crippen MR) is 71.2 cm³/mol. The first-order valence-electron chi connectivity index (χ1n) is 6.41. The van der Waals surface area contributed by atoms with Gasteiger partial charge in [0.15, 0.2) is 0 Å². The second-order valence-electron chi connectivity index (χ2n) is 4.59. The van der Waals surface area contributed by atoms with Gasteiger partial charge >= 0.3 is 0 Å². The molecule has 0 unspecified atom stereocenters. The van der Waals surface area contributed by atoms with E-state index < -0.39 is 16.9 Å². The van der Waals surface area contributed by atoms with E-state index in [4.69, 9.17) is 0 Å². The van der Waals surface area contributed by atoms with Crippen molar-refractivity contribution in [2.45, 2.75) is 25.3 Å². The van der Waals surface area contributed by atoms with Crippen molar-refractivity contribution < 1.29 is 14.5 Å². The summed E-state index contributed by atoms with van der Waals surface area (Å²) < 4.78 is 0. The zero-order chi connectivity index (χ0) is 14.5. The van der Waals surface area contributed by atoms with Gasteiger partial charge in [-0.05, 0) is 25.3 Å². The Morgan fingerprint density at radius 2 is 2.10 bits per heavy atom. The van der Waals surface area contributed by atoms with Crippen LogP contribution in [-0.4, -0.2) is 29.3 Å². The molecule has 7 nitrogen and oxygen atoms in total. The van der Waals surface area contributed by atoms with Crippen LogP contribution in [0.2, 0.25) is 0 Å². The smallest absolute Gasteiger partial charge is 0.282 e. The molecular weight excluding hydrogens is 262 g/mol. The minimum absolute atomic E-state index is 0.0328. The van der Waals surface area contributed by atoms with Crippen molar-refractivity contribution in [1.82, 2.24) is 10.6 Å². The van der Waals surface area contributed by atoms with E-state index in [9.17, 15) is 19.7 Å². The van der Waals surface area contributed by atoms with Gasteiger partial charge in [0.25, 0.3) is 11.6 Å². The molecule has 1 aliphatic rings.